The van der Waals surface area contributed by atoms with Gasteiger partial charge in [-0.15, -0.1) is 0 Å². The van der Waals surface area contributed by atoms with Crippen molar-refractivity contribution >= 4 is 34.8 Å². The first-order valence-electron chi connectivity index (χ1n) is 8.27. The minimum atomic E-state index is -0.552. The summed E-state index contributed by atoms with van der Waals surface area (Å²) in [5.41, 5.74) is 1.29. The molecule has 1 aliphatic rings. The predicted octanol–water partition coefficient (Wildman–Crippen LogP) is 1.94. The van der Waals surface area contributed by atoms with Gasteiger partial charge >= 0.3 is 0 Å². The summed E-state index contributed by atoms with van der Waals surface area (Å²) in [5.74, 6) is -0.433. The Morgan fingerprint density at radius 2 is 1.62 bits per heavy atom. The molecular formula is C19H20N4O2S. The maximum Gasteiger partial charge on any atom is 0.265 e. The molecule has 2 amide bonds. The Morgan fingerprint density at radius 3 is 2.23 bits per heavy atom. The van der Waals surface area contributed by atoms with Crippen LogP contribution in [0.5, 0.6) is 0 Å². The number of hydrazine groups is 1. The Morgan fingerprint density at radius 1 is 1.04 bits per heavy atom. The summed E-state index contributed by atoms with van der Waals surface area (Å²) in [6.07, 6.45) is 0. The largest absolute Gasteiger partial charge is 0.349 e. The molecule has 6 nitrogen and oxygen atoms in total. The SMILES string of the molecule is C[C@@H]1[C@@H](NC(=S)NC(=O)c2ccccc2)C(=O)N(c2ccccc2)N1C. The third-order valence-corrected chi connectivity index (χ3v) is 4.63. The first kappa shape index (κ1) is 18.0. The molecule has 3 rings (SSSR count). The van der Waals surface area contributed by atoms with E-state index in [-0.39, 0.29) is 23.0 Å². The molecule has 0 unspecified atom stereocenters. The first-order valence-corrected chi connectivity index (χ1v) is 8.68. The van der Waals surface area contributed by atoms with Crippen LogP contribution in [0.4, 0.5) is 5.69 Å². The predicted molar refractivity (Wildman–Crippen MR) is 105 cm³/mol. The molecule has 134 valence electrons. The van der Waals surface area contributed by atoms with Crippen LogP contribution in [-0.2, 0) is 4.79 Å². The van der Waals surface area contributed by atoms with Crippen molar-refractivity contribution in [2.45, 2.75) is 19.0 Å². The van der Waals surface area contributed by atoms with E-state index in [1.165, 1.54) is 0 Å². The highest BCUT2D eigenvalue weighted by atomic mass is 32.1. The molecule has 0 radical (unpaired) electrons. The number of carbonyl (C=O) groups excluding carboxylic acids is 2. The number of nitrogens with zero attached hydrogens (tertiary/aromatic N) is 2. The number of benzene rings is 2. The van der Waals surface area contributed by atoms with Crippen LogP contribution in [0.15, 0.2) is 60.7 Å². The Bertz CT molecular complexity index is 813. The lowest BCUT2D eigenvalue weighted by atomic mass is 10.1. The quantitative estimate of drug-likeness (QED) is 0.811. The molecule has 1 saturated heterocycles. The van der Waals surface area contributed by atoms with Crippen LogP contribution in [0.25, 0.3) is 0 Å². The van der Waals surface area contributed by atoms with Gasteiger partial charge in [0.15, 0.2) is 5.11 Å². The average Bonchev–Trinajstić information content (AvgIpc) is 2.86. The lowest BCUT2D eigenvalue weighted by molar-refractivity contribution is -0.119. The molecule has 1 fully saturated rings. The summed E-state index contributed by atoms with van der Waals surface area (Å²) in [4.78, 5) is 25.1. The average molecular weight is 368 g/mol. The number of carbonyl (C=O) groups is 2. The molecule has 0 aromatic heterocycles. The minimum Gasteiger partial charge on any atom is -0.349 e. The van der Waals surface area contributed by atoms with E-state index >= 15 is 0 Å². The van der Waals surface area contributed by atoms with Crippen molar-refractivity contribution in [3.63, 3.8) is 0 Å². The van der Waals surface area contributed by atoms with Crippen LogP contribution in [0.1, 0.15) is 17.3 Å². The highest BCUT2D eigenvalue weighted by Gasteiger charge is 2.43. The van der Waals surface area contributed by atoms with E-state index in [0.29, 0.717) is 5.56 Å². The monoisotopic (exact) mass is 368 g/mol. The molecule has 0 saturated carbocycles. The molecule has 2 N–H and O–H groups in total. The van der Waals surface area contributed by atoms with Crippen LogP contribution in [-0.4, -0.2) is 41.1 Å². The lowest BCUT2D eigenvalue weighted by Gasteiger charge is -2.26. The van der Waals surface area contributed by atoms with Crippen LogP contribution < -0.4 is 15.6 Å². The van der Waals surface area contributed by atoms with Gasteiger partial charge in [0.1, 0.15) is 6.04 Å². The molecule has 7 heteroatoms. The van der Waals surface area contributed by atoms with Crippen LogP contribution in [0.2, 0.25) is 0 Å². The second kappa shape index (κ2) is 7.63. The number of para-hydroxylation sites is 1. The van der Waals surface area contributed by atoms with Crippen LogP contribution in [0, 0.1) is 0 Å². The van der Waals surface area contributed by atoms with Crippen molar-refractivity contribution in [1.82, 2.24) is 15.6 Å². The normalized spacial score (nSPS) is 20.1. The number of amides is 2. The lowest BCUT2D eigenvalue weighted by Crippen LogP contribution is -2.50. The number of hydrogen-bond donors (Lipinski definition) is 2. The van der Waals surface area contributed by atoms with E-state index in [1.54, 1.807) is 29.3 Å². The number of thiocarbonyl (C=S) groups is 1. The molecule has 2 aromatic rings. The second-order valence-corrected chi connectivity index (χ2v) is 6.48. The topological polar surface area (TPSA) is 64.7 Å². The Labute approximate surface area is 157 Å². The Kier molecular flexibility index (Phi) is 5.29. The fourth-order valence-electron chi connectivity index (χ4n) is 2.89. The zero-order chi connectivity index (χ0) is 18.7. The summed E-state index contributed by atoms with van der Waals surface area (Å²) >= 11 is 5.23. The zero-order valence-electron chi connectivity index (χ0n) is 14.5. The zero-order valence-corrected chi connectivity index (χ0v) is 15.4. The van der Waals surface area contributed by atoms with E-state index in [9.17, 15) is 9.59 Å². The molecule has 2 aromatic carbocycles. The highest BCUT2D eigenvalue weighted by Crippen LogP contribution is 2.25. The number of hydrogen-bond acceptors (Lipinski definition) is 4. The van der Waals surface area contributed by atoms with Gasteiger partial charge in [-0.3, -0.25) is 14.9 Å². The van der Waals surface area contributed by atoms with E-state index in [4.69, 9.17) is 12.2 Å². The third-order valence-electron chi connectivity index (χ3n) is 4.41. The van der Waals surface area contributed by atoms with Gasteiger partial charge in [-0.05, 0) is 43.4 Å². The van der Waals surface area contributed by atoms with Gasteiger partial charge in [0, 0.05) is 12.6 Å². The Balaban J connectivity index is 1.68. The maximum absolute atomic E-state index is 12.9. The van der Waals surface area contributed by atoms with E-state index in [0.717, 1.165) is 5.69 Å². The van der Waals surface area contributed by atoms with Gasteiger partial charge < -0.3 is 5.32 Å². The molecule has 26 heavy (non-hydrogen) atoms. The summed E-state index contributed by atoms with van der Waals surface area (Å²) in [6, 6.07) is 17.5. The van der Waals surface area contributed by atoms with Gasteiger partial charge in [-0.25, -0.2) is 10.0 Å². The minimum absolute atomic E-state index is 0.123. The van der Waals surface area contributed by atoms with Gasteiger partial charge in [0.05, 0.1) is 11.7 Å². The van der Waals surface area contributed by atoms with Gasteiger partial charge in [-0.2, -0.15) is 0 Å². The number of rotatable bonds is 3. The van der Waals surface area contributed by atoms with Crippen molar-refractivity contribution in [2.75, 3.05) is 12.1 Å². The van der Waals surface area contributed by atoms with Gasteiger partial charge in [0.2, 0.25) is 0 Å². The molecule has 0 aliphatic carbocycles. The van der Waals surface area contributed by atoms with Crippen molar-refractivity contribution < 1.29 is 9.59 Å². The van der Waals surface area contributed by atoms with Crippen molar-refractivity contribution in [3.05, 3.63) is 66.2 Å². The first-order chi connectivity index (χ1) is 12.5. The number of likely N-dealkylation sites (N-methyl/N-ethyl adjacent to an activating group) is 1. The third kappa shape index (κ3) is 3.58. The van der Waals surface area contributed by atoms with Crippen molar-refractivity contribution in [3.8, 4) is 0 Å². The fraction of sp³-hybridized carbons (Fsp3) is 0.211. The van der Waals surface area contributed by atoms with Crippen molar-refractivity contribution in [1.29, 1.82) is 0 Å². The molecule has 0 spiro atoms. The highest BCUT2D eigenvalue weighted by molar-refractivity contribution is 7.80. The molecule has 2 atom stereocenters. The summed E-state index contributed by atoms with van der Waals surface area (Å²) < 4.78 is 0. The maximum atomic E-state index is 12.9. The van der Waals surface area contributed by atoms with E-state index < -0.39 is 6.04 Å². The van der Waals surface area contributed by atoms with Gasteiger partial charge in [-0.1, -0.05) is 36.4 Å². The van der Waals surface area contributed by atoms with Crippen LogP contribution >= 0.6 is 12.2 Å². The fourth-order valence-corrected chi connectivity index (χ4v) is 3.11. The molecule has 1 heterocycles. The molecule has 0 bridgehead atoms. The summed E-state index contributed by atoms with van der Waals surface area (Å²) in [5, 5.41) is 9.21. The van der Waals surface area contributed by atoms with Crippen molar-refractivity contribution in [2.24, 2.45) is 0 Å². The van der Waals surface area contributed by atoms with Crippen LogP contribution in [0.3, 0.4) is 0 Å². The number of anilines is 1. The standard InChI is InChI=1S/C19H20N4O2S/c1-13-16(18(25)23(22(13)2)15-11-7-4-8-12-15)20-19(26)21-17(24)14-9-5-3-6-10-14/h3-13,16H,1-2H3,(H2,20,21,24,26)/t13-,16-/m1/s1. The molecular weight excluding hydrogens is 348 g/mol. The summed E-state index contributed by atoms with van der Waals surface area (Å²) in [7, 11) is 1.85. The molecule has 1 aliphatic heterocycles. The van der Waals surface area contributed by atoms with Gasteiger partial charge in [0.25, 0.3) is 11.8 Å². The Hall–Kier alpha value is -2.77. The summed E-state index contributed by atoms with van der Waals surface area (Å²) in [6.45, 7) is 1.93. The van der Waals surface area contributed by atoms with E-state index in [1.807, 2.05) is 55.4 Å². The van der Waals surface area contributed by atoms with E-state index in [2.05, 4.69) is 10.6 Å². The smallest absolute Gasteiger partial charge is 0.265 e. The second-order valence-electron chi connectivity index (χ2n) is 6.07. The number of nitrogens with one attached hydrogen (secondary N) is 2.